The molecule has 0 aliphatic rings. The van der Waals surface area contributed by atoms with Crippen molar-refractivity contribution in [2.24, 2.45) is 0 Å². The highest BCUT2D eigenvalue weighted by atomic mass is 32.2. The first-order valence-corrected chi connectivity index (χ1v) is 19.5. The molecule has 0 heterocycles. The van der Waals surface area contributed by atoms with Gasteiger partial charge in [0.1, 0.15) is 25.9 Å². The quantitative estimate of drug-likeness (QED) is 0.0454. The van der Waals surface area contributed by atoms with Gasteiger partial charge in [-0.25, -0.2) is 30.4 Å². The second kappa shape index (κ2) is 18.2. The first-order valence-electron chi connectivity index (χ1n) is 16.8. The molecule has 10 heteroatoms. The van der Waals surface area contributed by atoms with E-state index in [4.69, 9.17) is 0 Å². The van der Waals surface area contributed by atoms with E-state index in [9.17, 15) is 34.9 Å². The predicted octanol–water partition coefficient (Wildman–Crippen LogP) is 10.6. The van der Waals surface area contributed by atoms with Gasteiger partial charge >= 0.3 is 0 Å². The molecule has 49 heavy (non-hydrogen) atoms. The Bertz CT molecular complexity index is 1690. The Morgan fingerprint density at radius 1 is 0.510 bits per heavy atom. The van der Waals surface area contributed by atoms with E-state index in [2.05, 4.69) is 96.1 Å². The van der Waals surface area contributed by atoms with Gasteiger partial charge in [-0.2, -0.15) is 0 Å². The van der Waals surface area contributed by atoms with Gasteiger partial charge in [-0.1, -0.05) is 97.2 Å². The normalized spacial score (nSPS) is 11.5. The van der Waals surface area contributed by atoms with Crippen molar-refractivity contribution in [2.45, 2.75) is 119 Å². The first kappa shape index (κ1) is 40.2. The maximum Gasteiger partial charge on any atom is 0.200 e. The molecule has 0 aromatic heterocycles. The van der Waals surface area contributed by atoms with E-state index in [0.29, 0.717) is 0 Å². The lowest BCUT2D eigenvalue weighted by molar-refractivity contribution is 0.350. The van der Waals surface area contributed by atoms with E-state index >= 15 is 0 Å². The molecular weight excluding hydrogens is 676 g/mol. The zero-order chi connectivity index (χ0) is 36.5. The smallest absolute Gasteiger partial charge is 0.200 e. The fourth-order valence-corrected chi connectivity index (χ4v) is 9.15. The summed E-state index contributed by atoms with van der Waals surface area (Å²) in [5.74, 6) is -12.8. The van der Waals surface area contributed by atoms with Gasteiger partial charge < -0.3 is 4.55 Å². The van der Waals surface area contributed by atoms with Gasteiger partial charge in [0.05, 0.1) is 0 Å². The van der Waals surface area contributed by atoms with Gasteiger partial charge in [-0.15, -0.1) is 0 Å². The number of hydrogen-bond acceptors (Lipinski definition) is 3. The standard InChI is InChI=1S/C33H45S.C6HF5O3S/c1-7-13-25-16-19-31(28(10-4)22-25)34(32-20-17-26(14-8-2)23-29(32)11-5)33-21-18-27(15-9-3)24-30(33)12-6;7-1-2(8)4(10)6(15(12,13)14)5(11)3(1)9/h16-24H,7-15H2,1-6H3;(H,12,13,14)/q+1;/p-1. The maximum atomic E-state index is 12.6. The summed E-state index contributed by atoms with van der Waals surface area (Å²) in [7, 11) is -5.86. The molecule has 0 bridgehead atoms. The Kier molecular flexibility index (Phi) is 14.9. The van der Waals surface area contributed by atoms with Crippen LogP contribution in [0.2, 0.25) is 0 Å². The summed E-state index contributed by atoms with van der Waals surface area (Å²) in [5.41, 5.74) is 9.01. The Labute approximate surface area is 291 Å². The molecule has 4 aromatic rings. The molecule has 0 fully saturated rings. The Balaban J connectivity index is 0.000000362. The third kappa shape index (κ3) is 9.52. The lowest BCUT2D eigenvalue weighted by Crippen LogP contribution is -2.13. The van der Waals surface area contributed by atoms with Gasteiger partial charge in [0.2, 0.25) is 5.82 Å². The van der Waals surface area contributed by atoms with Crippen molar-refractivity contribution in [1.82, 2.24) is 0 Å². The van der Waals surface area contributed by atoms with Crippen molar-refractivity contribution in [3.05, 3.63) is 117 Å². The lowest BCUT2D eigenvalue weighted by atomic mass is 10.0. The largest absolute Gasteiger partial charge is 0.744 e. The van der Waals surface area contributed by atoms with Crippen molar-refractivity contribution in [1.29, 1.82) is 0 Å². The van der Waals surface area contributed by atoms with Gasteiger partial charge in [-0.05, 0) is 73.4 Å². The van der Waals surface area contributed by atoms with Crippen LogP contribution in [0.1, 0.15) is 94.2 Å². The van der Waals surface area contributed by atoms with Crippen molar-refractivity contribution in [3.8, 4) is 0 Å². The number of benzene rings is 4. The average molecular weight is 721 g/mol. The van der Waals surface area contributed by atoms with Crippen LogP contribution in [0, 0.1) is 29.1 Å². The minimum Gasteiger partial charge on any atom is -0.744 e. The van der Waals surface area contributed by atoms with Crippen LogP contribution < -0.4 is 0 Å². The van der Waals surface area contributed by atoms with E-state index in [1.807, 2.05) is 0 Å². The zero-order valence-corrected chi connectivity index (χ0v) is 30.6. The van der Waals surface area contributed by atoms with Gasteiger partial charge in [-0.3, -0.25) is 0 Å². The number of aryl methyl sites for hydroxylation is 6. The molecule has 0 saturated heterocycles. The first-order chi connectivity index (χ1) is 23.3. The minimum absolute atomic E-state index is 0.0855. The van der Waals surface area contributed by atoms with Crippen molar-refractivity contribution in [2.75, 3.05) is 0 Å². The van der Waals surface area contributed by atoms with Crippen LogP contribution in [0.4, 0.5) is 22.0 Å². The second-order valence-electron chi connectivity index (χ2n) is 11.8. The Morgan fingerprint density at radius 2 is 0.796 bits per heavy atom. The summed E-state index contributed by atoms with van der Waals surface area (Å²) < 4.78 is 92.9. The summed E-state index contributed by atoms with van der Waals surface area (Å²) in [6.07, 6.45) is 10.4. The Morgan fingerprint density at radius 3 is 1.04 bits per heavy atom. The summed E-state index contributed by atoms with van der Waals surface area (Å²) >= 11 is 0. The topological polar surface area (TPSA) is 57.2 Å². The summed E-state index contributed by atoms with van der Waals surface area (Å²) in [6.45, 7) is 13.8. The molecule has 0 radical (unpaired) electrons. The lowest BCUT2D eigenvalue weighted by Gasteiger charge is -2.18. The molecule has 4 rings (SSSR count). The predicted molar refractivity (Wildman–Crippen MR) is 186 cm³/mol. The van der Waals surface area contributed by atoms with Crippen LogP contribution in [0.15, 0.2) is 74.2 Å². The molecular formula is C39H45F5O3S2. The summed E-state index contributed by atoms with van der Waals surface area (Å²) in [5, 5.41) is 0. The van der Waals surface area contributed by atoms with Crippen LogP contribution in [0.3, 0.4) is 0 Å². The molecule has 0 atom stereocenters. The third-order valence-electron chi connectivity index (χ3n) is 8.21. The highest BCUT2D eigenvalue weighted by molar-refractivity contribution is 7.97. The molecule has 266 valence electrons. The third-order valence-corrected chi connectivity index (χ3v) is 11.6. The highest BCUT2D eigenvalue weighted by Crippen LogP contribution is 2.39. The van der Waals surface area contributed by atoms with E-state index < -0.39 is 44.1 Å². The number of rotatable bonds is 13. The zero-order valence-electron chi connectivity index (χ0n) is 29.0. The van der Waals surface area contributed by atoms with Crippen molar-refractivity contribution < 1.29 is 34.9 Å². The summed E-state index contributed by atoms with van der Waals surface area (Å²) in [6, 6.07) is 22.1. The van der Waals surface area contributed by atoms with Gasteiger partial charge in [0.15, 0.2) is 38.0 Å². The number of hydrogen-bond donors (Lipinski definition) is 0. The average Bonchev–Trinajstić information content (AvgIpc) is 3.08. The SMILES string of the molecule is CCCc1ccc([S+](c2ccc(CCC)cc2CC)c2ccc(CCC)cc2CC)c(CC)c1.O=S(=O)([O-])c1c(F)c(F)c(F)c(F)c1F. The van der Waals surface area contributed by atoms with Crippen molar-refractivity contribution >= 4 is 21.0 Å². The molecule has 0 aliphatic carbocycles. The molecule has 4 aromatic carbocycles. The van der Waals surface area contributed by atoms with Gasteiger partial charge in [0, 0.05) is 16.7 Å². The van der Waals surface area contributed by atoms with Gasteiger partial charge in [0.25, 0.3) is 0 Å². The van der Waals surface area contributed by atoms with Crippen LogP contribution in [-0.4, -0.2) is 13.0 Å². The molecule has 0 spiro atoms. The van der Waals surface area contributed by atoms with E-state index in [1.54, 1.807) is 0 Å². The monoisotopic (exact) mass is 720 g/mol. The number of halogens is 5. The fourth-order valence-electron chi connectivity index (χ4n) is 5.82. The van der Waals surface area contributed by atoms with Crippen molar-refractivity contribution in [3.63, 3.8) is 0 Å². The minimum atomic E-state index is -5.77. The highest BCUT2D eigenvalue weighted by Gasteiger charge is 2.35. The molecule has 0 unspecified atom stereocenters. The molecule has 0 saturated carbocycles. The van der Waals surface area contributed by atoms with E-state index in [1.165, 1.54) is 86.6 Å². The van der Waals surface area contributed by atoms with Crippen LogP contribution in [0.5, 0.6) is 0 Å². The molecule has 0 N–H and O–H groups in total. The van der Waals surface area contributed by atoms with Crippen LogP contribution in [0.25, 0.3) is 0 Å². The summed E-state index contributed by atoms with van der Waals surface area (Å²) in [4.78, 5) is 2.20. The molecule has 0 aliphatic heterocycles. The maximum absolute atomic E-state index is 12.6. The Hall–Kier alpha value is -3.21. The van der Waals surface area contributed by atoms with Crippen LogP contribution >= 0.6 is 0 Å². The van der Waals surface area contributed by atoms with E-state index in [-0.39, 0.29) is 10.9 Å². The van der Waals surface area contributed by atoms with E-state index in [0.717, 1.165) is 19.3 Å². The second-order valence-corrected chi connectivity index (χ2v) is 15.0. The van der Waals surface area contributed by atoms with Crippen LogP contribution in [-0.2, 0) is 59.5 Å². The molecule has 0 amide bonds. The fraction of sp³-hybridized carbons (Fsp3) is 0.385. The molecule has 3 nitrogen and oxygen atoms in total.